The van der Waals surface area contributed by atoms with E-state index in [1.165, 1.54) is 14.2 Å². The van der Waals surface area contributed by atoms with E-state index in [-0.39, 0.29) is 16.5 Å². The number of benzene rings is 2. The Hall–Kier alpha value is -3.39. The van der Waals surface area contributed by atoms with Gasteiger partial charge in [-0.25, -0.2) is 9.59 Å². The predicted octanol–water partition coefficient (Wildman–Crippen LogP) is 6.11. The van der Waals surface area contributed by atoms with E-state index in [1.54, 1.807) is 6.07 Å². The third-order valence-corrected chi connectivity index (χ3v) is 8.22. The van der Waals surface area contributed by atoms with Gasteiger partial charge in [0.15, 0.2) is 11.5 Å². The Morgan fingerprint density at radius 3 is 2.33 bits per heavy atom. The van der Waals surface area contributed by atoms with Crippen molar-refractivity contribution >= 4 is 29.3 Å². The van der Waals surface area contributed by atoms with Gasteiger partial charge in [-0.2, -0.15) is 26.3 Å². The van der Waals surface area contributed by atoms with Gasteiger partial charge in [0.05, 0.1) is 30.5 Å². The van der Waals surface area contributed by atoms with Gasteiger partial charge in [0.25, 0.3) is 0 Å². The molecule has 4 rings (SSSR count). The van der Waals surface area contributed by atoms with Crippen molar-refractivity contribution in [1.29, 1.82) is 0 Å². The Labute approximate surface area is 242 Å². The fraction of sp³-hybridized carbons (Fsp3) is 0.481. The number of alkyl halides is 6. The van der Waals surface area contributed by atoms with Crippen LogP contribution >= 0.6 is 11.6 Å². The highest BCUT2D eigenvalue weighted by Gasteiger charge is 2.51. The summed E-state index contributed by atoms with van der Waals surface area (Å²) >= 11 is 5.62. The minimum absolute atomic E-state index is 0.104. The zero-order valence-electron chi connectivity index (χ0n) is 22.7. The molecule has 0 spiro atoms. The molecule has 2 aromatic rings. The van der Waals surface area contributed by atoms with Crippen LogP contribution in [0.15, 0.2) is 36.4 Å². The topological polar surface area (TPSA) is 80.3 Å². The Kier molecular flexibility index (Phi) is 8.79. The number of amides is 2. The van der Waals surface area contributed by atoms with Gasteiger partial charge in [-0.05, 0) is 75.2 Å². The lowest BCUT2D eigenvalue weighted by atomic mass is 9.65. The zero-order chi connectivity index (χ0) is 31.0. The van der Waals surface area contributed by atoms with Crippen LogP contribution < -0.4 is 19.9 Å². The molecule has 42 heavy (non-hydrogen) atoms. The number of fused-ring (bicyclic) bond motifs is 1. The summed E-state index contributed by atoms with van der Waals surface area (Å²) in [6.07, 6.45) is -8.39. The van der Waals surface area contributed by atoms with Gasteiger partial charge in [-0.1, -0.05) is 17.7 Å². The van der Waals surface area contributed by atoms with Crippen LogP contribution in [0.2, 0.25) is 5.02 Å². The Balaban J connectivity index is 1.60. The first-order chi connectivity index (χ1) is 19.6. The van der Waals surface area contributed by atoms with Crippen molar-refractivity contribution in [2.75, 3.05) is 32.9 Å². The third-order valence-electron chi connectivity index (χ3n) is 7.89. The number of rotatable bonds is 5. The number of nitrogens with one attached hydrogen (secondary N) is 1. The summed E-state index contributed by atoms with van der Waals surface area (Å²) in [7, 11) is 4.97. The van der Waals surface area contributed by atoms with Crippen molar-refractivity contribution < 1.29 is 50.2 Å². The van der Waals surface area contributed by atoms with Crippen molar-refractivity contribution in [2.45, 2.75) is 55.5 Å². The zero-order valence-corrected chi connectivity index (χ0v) is 23.5. The summed E-state index contributed by atoms with van der Waals surface area (Å²) in [5.41, 5.74) is -1.51. The number of carbonyl (C=O) groups is 2. The molecule has 230 valence electrons. The second-order valence-corrected chi connectivity index (χ2v) is 10.6. The molecule has 8 nitrogen and oxygen atoms in total. The standard InChI is InChI=1S/C27H28ClF6N3O5/c1-36-11-10-25(15-4-7-20(40-2)21(12-15)41-3)9-8-16(13-22(25)36)35-24(39)37(42-23(38)27(32,33)34)17-5-6-19(28)18(14-17)26(29,30)31/h4-7,12,14,16,22H,8-11,13H2,1-3H3,(H,35,39)/t16-,22+,25+/m1/s1. The number of halogens is 7. The normalized spacial score (nSPS) is 22.7. The first-order valence-electron chi connectivity index (χ1n) is 12.8. The summed E-state index contributed by atoms with van der Waals surface area (Å²) in [6, 6.07) is 5.53. The van der Waals surface area contributed by atoms with Crippen molar-refractivity contribution in [2.24, 2.45) is 0 Å². The number of likely N-dealkylation sites (N-methyl/N-ethyl adjacent to an activating group) is 1. The highest BCUT2D eigenvalue weighted by Crippen LogP contribution is 2.50. The lowest BCUT2D eigenvalue weighted by molar-refractivity contribution is -0.199. The fourth-order valence-electron chi connectivity index (χ4n) is 5.83. The number of hydrogen-bond acceptors (Lipinski definition) is 6. The Morgan fingerprint density at radius 2 is 1.71 bits per heavy atom. The molecule has 1 heterocycles. The quantitative estimate of drug-likeness (QED) is 0.320. The molecule has 2 aliphatic rings. The second-order valence-electron chi connectivity index (χ2n) is 10.2. The lowest BCUT2D eigenvalue weighted by Crippen LogP contribution is -2.54. The smallest absolute Gasteiger partial charge is 0.493 e. The summed E-state index contributed by atoms with van der Waals surface area (Å²) in [6.45, 7) is 0.736. The van der Waals surface area contributed by atoms with Gasteiger partial charge >= 0.3 is 24.4 Å². The minimum Gasteiger partial charge on any atom is -0.493 e. The van der Waals surface area contributed by atoms with Gasteiger partial charge in [-0.3, -0.25) is 0 Å². The molecule has 15 heteroatoms. The molecule has 0 bridgehead atoms. The van der Waals surface area contributed by atoms with Crippen molar-refractivity contribution in [3.63, 3.8) is 0 Å². The van der Waals surface area contributed by atoms with Gasteiger partial charge in [-0.15, -0.1) is 5.06 Å². The second kappa shape index (κ2) is 11.7. The van der Waals surface area contributed by atoms with Gasteiger partial charge in [0.1, 0.15) is 0 Å². The van der Waals surface area contributed by atoms with Crippen LogP contribution in [-0.4, -0.2) is 63.0 Å². The van der Waals surface area contributed by atoms with E-state index in [4.69, 9.17) is 21.1 Å². The molecule has 1 aliphatic carbocycles. The average Bonchev–Trinajstić information content (AvgIpc) is 3.27. The van der Waals surface area contributed by atoms with Crippen LogP contribution in [0.4, 0.5) is 36.8 Å². The maximum atomic E-state index is 13.4. The van der Waals surface area contributed by atoms with Crippen molar-refractivity contribution in [1.82, 2.24) is 10.2 Å². The summed E-state index contributed by atoms with van der Waals surface area (Å²) in [5.74, 6) is -1.67. The number of urea groups is 1. The number of likely N-dealkylation sites (tertiary alicyclic amines) is 1. The first kappa shape index (κ1) is 31.5. The SMILES string of the molecule is COc1ccc([C@@]23CC[C@@H](NC(=O)N(OC(=O)C(F)(F)F)c4ccc(Cl)c(C(F)(F)F)c4)C[C@@H]2N(C)CC3)cc1OC. The molecule has 1 saturated carbocycles. The van der Waals surface area contributed by atoms with E-state index in [9.17, 15) is 35.9 Å². The van der Waals surface area contributed by atoms with E-state index < -0.39 is 46.7 Å². The van der Waals surface area contributed by atoms with Crippen molar-refractivity contribution in [3.05, 3.63) is 52.5 Å². The molecular weight excluding hydrogens is 596 g/mol. The number of nitrogens with zero attached hydrogens (tertiary/aromatic N) is 2. The highest BCUT2D eigenvalue weighted by atomic mass is 35.5. The van der Waals surface area contributed by atoms with Gasteiger partial charge in [0.2, 0.25) is 0 Å². The highest BCUT2D eigenvalue weighted by molar-refractivity contribution is 6.31. The van der Waals surface area contributed by atoms with Crippen LogP contribution in [0, 0.1) is 0 Å². The molecule has 2 aromatic carbocycles. The monoisotopic (exact) mass is 623 g/mol. The lowest BCUT2D eigenvalue weighted by Gasteiger charge is -2.45. The van der Waals surface area contributed by atoms with Gasteiger partial charge in [0, 0.05) is 17.5 Å². The molecular formula is C27H28ClF6N3O5. The molecule has 1 aliphatic heterocycles. The van der Waals surface area contributed by atoms with E-state index in [2.05, 4.69) is 15.1 Å². The Morgan fingerprint density at radius 1 is 1.02 bits per heavy atom. The molecule has 1 saturated heterocycles. The van der Waals surface area contributed by atoms with Gasteiger partial charge < -0.3 is 24.5 Å². The van der Waals surface area contributed by atoms with Crippen LogP contribution in [0.3, 0.4) is 0 Å². The fourth-order valence-corrected chi connectivity index (χ4v) is 6.06. The van der Waals surface area contributed by atoms with E-state index in [1.807, 2.05) is 19.2 Å². The third kappa shape index (κ3) is 6.19. The summed E-state index contributed by atoms with van der Waals surface area (Å²) in [5, 5.41) is 1.66. The van der Waals surface area contributed by atoms with Crippen LogP contribution in [0.1, 0.15) is 36.8 Å². The molecule has 2 amide bonds. The maximum Gasteiger partial charge on any atom is 0.493 e. The summed E-state index contributed by atoms with van der Waals surface area (Å²) in [4.78, 5) is 31.2. The first-order valence-corrected chi connectivity index (χ1v) is 13.2. The number of hydroxylamine groups is 1. The predicted molar refractivity (Wildman–Crippen MR) is 140 cm³/mol. The number of anilines is 1. The van der Waals surface area contributed by atoms with E-state index in [0.29, 0.717) is 36.8 Å². The number of carbonyl (C=O) groups excluding carboxylic acids is 2. The van der Waals surface area contributed by atoms with E-state index in [0.717, 1.165) is 30.7 Å². The molecule has 2 fully saturated rings. The maximum absolute atomic E-state index is 13.4. The Bertz CT molecular complexity index is 1340. The summed E-state index contributed by atoms with van der Waals surface area (Å²) < 4.78 is 90.2. The largest absolute Gasteiger partial charge is 0.493 e. The minimum atomic E-state index is -5.52. The average molecular weight is 624 g/mol. The molecule has 0 radical (unpaired) electrons. The van der Waals surface area contributed by atoms with Crippen molar-refractivity contribution in [3.8, 4) is 11.5 Å². The number of ether oxygens (including phenoxy) is 2. The molecule has 0 aromatic heterocycles. The van der Waals surface area contributed by atoms with Crippen LogP contribution in [-0.2, 0) is 21.2 Å². The van der Waals surface area contributed by atoms with Crippen LogP contribution in [0.5, 0.6) is 11.5 Å². The number of methoxy groups -OCH3 is 2. The van der Waals surface area contributed by atoms with Crippen LogP contribution in [0.25, 0.3) is 0 Å². The number of hydrogen-bond donors (Lipinski definition) is 1. The molecule has 0 unspecified atom stereocenters. The van der Waals surface area contributed by atoms with E-state index >= 15 is 0 Å². The molecule has 1 N–H and O–H groups in total. The molecule has 3 atom stereocenters.